The Morgan fingerprint density at radius 2 is 1.87 bits per heavy atom. The van der Waals surface area contributed by atoms with E-state index < -0.39 is 0 Å². The van der Waals surface area contributed by atoms with E-state index in [1.165, 1.54) is 42.5 Å². The minimum Gasteiger partial charge on any atom is -0.490 e. The van der Waals surface area contributed by atoms with Gasteiger partial charge in [-0.25, -0.2) is 0 Å². The van der Waals surface area contributed by atoms with Crippen LogP contribution in [-0.4, -0.2) is 20.2 Å². The Morgan fingerprint density at radius 1 is 1.13 bits per heavy atom. The number of anilines is 1. The number of likely N-dealkylation sites (N-methyl/N-ethyl adjacent to an activating group) is 1. The molecule has 0 N–H and O–H groups in total. The highest BCUT2D eigenvalue weighted by Gasteiger charge is 2.19. The van der Waals surface area contributed by atoms with Gasteiger partial charge in [-0.15, -0.1) is 0 Å². The SMILES string of the molecule is CN1CCOc2cc3c(cc21)CCCC3. The van der Waals surface area contributed by atoms with E-state index in [4.69, 9.17) is 4.74 Å². The van der Waals surface area contributed by atoms with E-state index in [0.717, 1.165) is 18.9 Å². The van der Waals surface area contributed by atoms with Gasteiger partial charge in [0.2, 0.25) is 0 Å². The van der Waals surface area contributed by atoms with E-state index in [0.29, 0.717) is 0 Å². The van der Waals surface area contributed by atoms with Crippen LogP contribution >= 0.6 is 0 Å². The molecule has 2 aliphatic rings. The zero-order chi connectivity index (χ0) is 10.3. The standard InChI is InChI=1S/C13H17NO/c1-14-6-7-15-13-9-11-5-3-2-4-10(11)8-12(13)14/h8-9H,2-7H2,1H3. The van der Waals surface area contributed by atoms with E-state index in [2.05, 4.69) is 24.1 Å². The first-order valence-corrected chi connectivity index (χ1v) is 5.84. The molecule has 2 heteroatoms. The number of aryl methyl sites for hydroxylation is 2. The number of ether oxygens (including phenoxy) is 1. The number of hydrogen-bond acceptors (Lipinski definition) is 2. The van der Waals surface area contributed by atoms with Gasteiger partial charge in [0, 0.05) is 7.05 Å². The maximum absolute atomic E-state index is 5.72. The third kappa shape index (κ3) is 1.48. The van der Waals surface area contributed by atoms with Crippen LogP contribution in [0.5, 0.6) is 5.75 Å². The minimum atomic E-state index is 0.822. The molecule has 1 aliphatic heterocycles. The van der Waals surface area contributed by atoms with Gasteiger partial charge in [-0.1, -0.05) is 0 Å². The van der Waals surface area contributed by atoms with Crippen molar-refractivity contribution >= 4 is 5.69 Å². The van der Waals surface area contributed by atoms with Crippen molar-refractivity contribution in [3.05, 3.63) is 23.3 Å². The predicted octanol–water partition coefficient (Wildman–Crippen LogP) is 2.39. The van der Waals surface area contributed by atoms with E-state index in [-0.39, 0.29) is 0 Å². The number of nitrogens with zero attached hydrogens (tertiary/aromatic N) is 1. The number of rotatable bonds is 0. The van der Waals surface area contributed by atoms with E-state index >= 15 is 0 Å². The summed E-state index contributed by atoms with van der Waals surface area (Å²) in [6, 6.07) is 4.60. The molecule has 0 saturated carbocycles. The number of hydrogen-bond donors (Lipinski definition) is 0. The van der Waals surface area contributed by atoms with Gasteiger partial charge in [-0.05, 0) is 48.9 Å². The third-order valence-corrected chi connectivity index (χ3v) is 3.52. The highest BCUT2D eigenvalue weighted by molar-refractivity contribution is 5.63. The van der Waals surface area contributed by atoms with Crippen LogP contribution in [-0.2, 0) is 12.8 Å². The van der Waals surface area contributed by atoms with Gasteiger partial charge in [0.05, 0.1) is 12.2 Å². The average molecular weight is 203 g/mol. The Kier molecular flexibility index (Phi) is 2.08. The van der Waals surface area contributed by atoms with Crippen molar-refractivity contribution < 1.29 is 4.74 Å². The quantitative estimate of drug-likeness (QED) is 0.642. The number of benzene rings is 1. The van der Waals surface area contributed by atoms with Crippen LogP contribution in [0.1, 0.15) is 24.0 Å². The third-order valence-electron chi connectivity index (χ3n) is 3.52. The molecule has 0 atom stereocenters. The minimum absolute atomic E-state index is 0.822. The van der Waals surface area contributed by atoms with Gasteiger partial charge < -0.3 is 9.64 Å². The maximum atomic E-state index is 5.72. The van der Waals surface area contributed by atoms with Crippen LogP contribution in [0.25, 0.3) is 0 Å². The molecule has 0 bridgehead atoms. The van der Waals surface area contributed by atoms with Crippen molar-refractivity contribution in [3.8, 4) is 5.75 Å². The fourth-order valence-electron chi connectivity index (χ4n) is 2.58. The second-order valence-electron chi connectivity index (χ2n) is 4.57. The summed E-state index contributed by atoms with van der Waals surface area (Å²) in [6.45, 7) is 1.83. The molecule has 1 heterocycles. The molecule has 80 valence electrons. The Hall–Kier alpha value is -1.18. The summed E-state index contributed by atoms with van der Waals surface area (Å²) >= 11 is 0. The summed E-state index contributed by atoms with van der Waals surface area (Å²) in [5, 5.41) is 0. The molecule has 3 rings (SSSR count). The van der Waals surface area contributed by atoms with Gasteiger partial charge in [0.1, 0.15) is 12.4 Å². The predicted molar refractivity (Wildman–Crippen MR) is 61.8 cm³/mol. The first-order valence-electron chi connectivity index (χ1n) is 5.84. The Balaban J connectivity index is 2.08. The van der Waals surface area contributed by atoms with Gasteiger partial charge in [0.15, 0.2) is 0 Å². The molecule has 0 saturated heterocycles. The zero-order valence-electron chi connectivity index (χ0n) is 9.25. The highest BCUT2D eigenvalue weighted by Crippen LogP contribution is 2.36. The second-order valence-corrected chi connectivity index (χ2v) is 4.57. The molecule has 0 amide bonds. The van der Waals surface area contributed by atoms with Gasteiger partial charge in [-0.3, -0.25) is 0 Å². The Bertz CT molecular complexity index is 386. The summed E-state index contributed by atoms with van der Waals surface area (Å²) in [7, 11) is 2.15. The topological polar surface area (TPSA) is 12.5 Å². The molecule has 0 fully saturated rings. The lowest BCUT2D eigenvalue weighted by Crippen LogP contribution is -2.29. The van der Waals surface area contributed by atoms with Gasteiger partial charge in [0.25, 0.3) is 0 Å². The van der Waals surface area contributed by atoms with E-state index in [1.54, 1.807) is 0 Å². The van der Waals surface area contributed by atoms with Crippen LogP contribution in [0.3, 0.4) is 0 Å². The fourth-order valence-corrected chi connectivity index (χ4v) is 2.58. The maximum Gasteiger partial charge on any atom is 0.142 e. The van der Waals surface area contributed by atoms with Crippen molar-refractivity contribution in [1.29, 1.82) is 0 Å². The lowest BCUT2D eigenvalue weighted by Gasteiger charge is -2.30. The molecular weight excluding hydrogens is 186 g/mol. The lowest BCUT2D eigenvalue weighted by molar-refractivity contribution is 0.310. The molecule has 1 aromatic rings. The molecule has 2 nitrogen and oxygen atoms in total. The van der Waals surface area contributed by atoms with Gasteiger partial charge in [-0.2, -0.15) is 0 Å². The normalized spacial score (nSPS) is 19.1. The average Bonchev–Trinajstić information content (AvgIpc) is 2.27. The van der Waals surface area contributed by atoms with Crippen molar-refractivity contribution in [2.45, 2.75) is 25.7 Å². The number of fused-ring (bicyclic) bond motifs is 2. The van der Waals surface area contributed by atoms with E-state index in [9.17, 15) is 0 Å². The summed E-state index contributed by atoms with van der Waals surface area (Å²) < 4.78 is 5.72. The van der Waals surface area contributed by atoms with Gasteiger partial charge >= 0.3 is 0 Å². The van der Waals surface area contributed by atoms with Crippen molar-refractivity contribution in [2.75, 3.05) is 25.1 Å². The smallest absolute Gasteiger partial charge is 0.142 e. The molecule has 15 heavy (non-hydrogen) atoms. The summed E-state index contributed by atoms with van der Waals surface area (Å²) in [5.41, 5.74) is 4.33. The molecule has 0 unspecified atom stereocenters. The van der Waals surface area contributed by atoms with Crippen LogP contribution < -0.4 is 9.64 Å². The first-order chi connectivity index (χ1) is 7.34. The Morgan fingerprint density at radius 3 is 2.67 bits per heavy atom. The van der Waals surface area contributed by atoms with Crippen LogP contribution in [0.2, 0.25) is 0 Å². The largest absolute Gasteiger partial charge is 0.490 e. The monoisotopic (exact) mass is 203 g/mol. The van der Waals surface area contributed by atoms with Crippen molar-refractivity contribution in [2.24, 2.45) is 0 Å². The zero-order valence-corrected chi connectivity index (χ0v) is 9.25. The molecule has 1 aliphatic carbocycles. The van der Waals surface area contributed by atoms with E-state index in [1.807, 2.05) is 0 Å². The summed E-state index contributed by atoms with van der Waals surface area (Å²) in [5.74, 6) is 1.09. The first kappa shape index (κ1) is 9.08. The summed E-state index contributed by atoms with van der Waals surface area (Å²) in [6.07, 6.45) is 5.16. The highest BCUT2D eigenvalue weighted by atomic mass is 16.5. The molecule has 1 aromatic carbocycles. The fraction of sp³-hybridized carbons (Fsp3) is 0.538. The van der Waals surface area contributed by atoms with Crippen LogP contribution in [0.15, 0.2) is 12.1 Å². The summed E-state index contributed by atoms with van der Waals surface area (Å²) in [4.78, 5) is 2.30. The van der Waals surface area contributed by atoms with Crippen molar-refractivity contribution in [3.63, 3.8) is 0 Å². The molecular formula is C13H17NO. The lowest BCUT2D eigenvalue weighted by atomic mass is 9.91. The molecule has 0 spiro atoms. The van der Waals surface area contributed by atoms with Crippen molar-refractivity contribution in [1.82, 2.24) is 0 Å². The molecule has 0 radical (unpaired) electrons. The van der Waals surface area contributed by atoms with Crippen LogP contribution in [0.4, 0.5) is 5.69 Å². The molecule has 0 aromatic heterocycles. The Labute approximate surface area is 90.8 Å². The second kappa shape index (κ2) is 3.44. The van der Waals surface area contributed by atoms with Crippen LogP contribution in [0, 0.1) is 0 Å².